The van der Waals surface area contributed by atoms with Crippen molar-refractivity contribution < 1.29 is 0 Å². The Balaban J connectivity index is 1.68. The zero-order chi connectivity index (χ0) is 15.5. The summed E-state index contributed by atoms with van der Waals surface area (Å²) in [5.41, 5.74) is 1.25. The van der Waals surface area contributed by atoms with E-state index >= 15 is 0 Å². The van der Waals surface area contributed by atoms with Gasteiger partial charge in [-0.2, -0.15) is 0 Å². The summed E-state index contributed by atoms with van der Waals surface area (Å²) in [7, 11) is 2.27. The first kappa shape index (κ1) is 16.6. The van der Waals surface area contributed by atoms with Gasteiger partial charge in [0, 0.05) is 18.6 Å². The molecule has 1 saturated heterocycles. The van der Waals surface area contributed by atoms with Gasteiger partial charge in [-0.15, -0.1) is 0 Å². The highest BCUT2D eigenvalue weighted by Crippen LogP contribution is 2.30. The molecule has 2 aliphatic rings. The maximum Gasteiger partial charge on any atom is 0.0595 e. The molecule has 1 aliphatic carbocycles. The quantitative estimate of drug-likeness (QED) is 0.774. The van der Waals surface area contributed by atoms with Gasteiger partial charge in [-0.3, -0.25) is 9.80 Å². The molecule has 2 atom stereocenters. The zero-order valence-electron chi connectivity index (χ0n) is 13.4. The molecule has 22 heavy (non-hydrogen) atoms. The monoisotopic (exact) mass is 340 g/mol. The van der Waals surface area contributed by atoms with Gasteiger partial charge in [0.25, 0.3) is 0 Å². The van der Waals surface area contributed by atoms with Gasteiger partial charge in [-0.05, 0) is 63.5 Å². The molecule has 1 saturated carbocycles. The number of likely N-dealkylation sites (tertiary alicyclic amines) is 1. The first-order valence-corrected chi connectivity index (χ1v) is 9.29. The maximum absolute atomic E-state index is 6.16. The van der Waals surface area contributed by atoms with E-state index in [0.717, 1.165) is 12.6 Å². The number of hydrogen-bond acceptors (Lipinski definition) is 2. The fraction of sp³-hybridized carbons (Fsp3) is 0.667. The highest BCUT2D eigenvalue weighted by atomic mass is 35.5. The second-order valence-corrected chi connectivity index (χ2v) is 7.64. The van der Waals surface area contributed by atoms with Crippen molar-refractivity contribution in [3.8, 4) is 0 Å². The van der Waals surface area contributed by atoms with Crippen molar-refractivity contribution in [2.45, 2.75) is 57.2 Å². The molecule has 0 bridgehead atoms. The van der Waals surface area contributed by atoms with Crippen molar-refractivity contribution >= 4 is 23.2 Å². The van der Waals surface area contributed by atoms with Crippen molar-refractivity contribution in [1.82, 2.24) is 9.80 Å². The summed E-state index contributed by atoms with van der Waals surface area (Å²) < 4.78 is 0. The predicted octanol–water partition coefficient (Wildman–Crippen LogP) is 4.83. The summed E-state index contributed by atoms with van der Waals surface area (Å²) in [6.45, 7) is 3.54. The van der Waals surface area contributed by atoms with Crippen molar-refractivity contribution in [2.75, 3.05) is 20.1 Å². The van der Waals surface area contributed by atoms with E-state index in [4.69, 9.17) is 23.2 Å². The van der Waals surface area contributed by atoms with E-state index in [9.17, 15) is 0 Å². The SMILES string of the molecule is CN(Cc1ccc(Cl)c(Cl)c1)[C@H]1CCCC[C@H]1N1CCCC1. The Morgan fingerprint density at radius 2 is 1.77 bits per heavy atom. The number of hydrogen-bond donors (Lipinski definition) is 0. The minimum absolute atomic E-state index is 0.640. The molecule has 1 aromatic carbocycles. The lowest BCUT2D eigenvalue weighted by Gasteiger charge is -2.42. The van der Waals surface area contributed by atoms with Crippen LogP contribution in [0.3, 0.4) is 0 Å². The second-order valence-electron chi connectivity index (χ2n) is 6.83. The van der Waals surface area contributed by atoms with Crippen LogP contribution in [-0.4, -0.2) is 42.0 Å². The predicted molar refractivity (Wildman–Crippen MR) is 94.8 cm³/mol. The molecule has 3 rings (SSSR count). The zero-order valence-corrected chi connectivity index (χ0v) is 14.9. The second kappa shape index (κ2) is 7.53. The number of halogens is 2. The fourth-order valence-corrected chi connectivity index (χ4v) is 4.47. The smallest absolute Gasteiger partial charge is 0.0595 e. The largest absolute Gasteiger partial charge is 0.299 e. The Bertz CT molecular complexity index is 500. The van der Waals surface area contributed by atoms with Crippen LogP contribution >= 0.6 is 23.2 Å². The highest BCUT2D eigenvalue weighted by Gasteiger charge is 2.33. The van der Waals surface area contributed by atoms with E-state index in [1.165, 1.54) is 57.2 Å². The average Bonchev–Trinajstić information content (AvgIpc) is 3.05. The van der Waals surface area contributed by atoms with Crippen LogP contribution in [0.2, 0.25) is 10.0 Å². The number of likely N-dealkylation sites (N-methyl/N-ethyl adjacent to an activating group) is 1. The standard InChI is InChI=1S/C18H26Cl2N2/c1-21(13-14-8-9-15(19)16(20)12-14)17-6-2-3-7-18(17)22-10-4-5-11-22/h8-9,12,17-18H,2-7,10-11,13H2,1H3/t17-,18+/m0/s1. The van der Waals surface area contributed by atoms with Crippen LogP contribution < -0.4 is 0 Å². The van der Waals surface area contributed by atoms with Crippen LogP contribution in [0, 0.1) is 0 Å². The van der Waals surface area contributed by atoms with E-state index < -0.39 is 0 Å². The Hall–Kier alpha value is -0.280. The molecule has 0 N–H and O–H groups in total. The molecule has 122 valence electrons. The topological polar surface area (TPSA) is 6.48 Å². The van der Waals surface area contributed by atoms with Crippen molar-refractivity contribution in [1.29, 1.82) is 0 Å². The molecule has 0 unspecified atom stereocenters. The summed E-state index contributed by atoms with van der Waals surface area (Å²) in [5, 5.41) is 1.30. The maximum atomic E-state index is 6.16. The van der Waals surface area contributed by atoms with Gasteiger partial charge in [0.05, 0.1) is 10.0 Å². The summed E-state index contributed by atoms with van der Waals surface area (Å²) >= 11 is 12.2. The van der Waals surface area contributed by atoms with Gasteiger partial charge in [-0.1, -0.05) is 42.1 Å². The molecule has 2 nitrogen and oxygen atoms in total. The molecule has 4 heteroatoms. The van der Waals surface area contributed by atoms with Crippen molar-refractivity contribution in [3.05, 3.63) is 33.8 Å². The first-order valence-electron chi connectivity index (χ1n) is 8.53. The summed E-state index contributed by atoms with van der Waals surface area (Å²) in [6.07, 6.45) is 8.17. The van der Waals surface area contributed by atoms with E-state index in [2.05, 4.69) is 22.9 Å². The molecule has 2 fully saturated rings. The minimum Gasteiger partial charge on any atom is -0.299 e. The Morgan fingerprint density at radius 3 is 2.50 bits per heavy atom. The lowest BCUT2D eigenvalue weighted by molar-refractivity contribution is 0.0723. The molecule has 0 spiro atoms. The van der Waals surface area contributed by atoms with E-state index in [0.29, 0.717) is 16.1 Å². The molecule has 0 amide bonds. The molecule has 0 aromatic heterocycles. The van der Waals surface area contributed by atoms with Gasteiger partial charge in [-0.25, -0.2) is 0 Å². The number of nitrogens with zero attached hydrogens (tertiary/aromatic N) is 2. The van der Waals surface area contributed by atoms with Gasteiger partial charge >= 0.3 is 0 Å². The van der Waals surface area contributed by atoms with Crippen LogP contribution in [0.25, 0.3) is 0 Å². The molecular formula is C18H26Cl2N2. The third-order valence-corrected chi connectivity index (χ3v) is 6.02. The van der Waals surface area contributed by atoms with Crippen LogP contribution in [0.15, 0.2) is 18.2 Å². The van der Waals surface area contributed by atoms with E-state index in [1.807, 2.05) is 12.1 Å². The van der Waals surface area contributed by atoms with Gasteiger partial charge < -0.3 is 0 Å². The first-order chi connectivity index (χ1) is 10.6. The van der Waals surface area contributed by atoms with E-state index in [1.54, 1.807) is 0 Å². The van der Waals surface area contributed by atoms with Crippen molar-refractivity contribution in [3.63, 3.8) is 0 Å². The third-order valence-electron chi connectivity index (χ3n) is 5.29. The minimum atomic E-state index is 0.640. The summed E-state index contributed by atoms with van der Waals surface area (Å²) in [6, 6.07) is 7.42. The summed E-state index contributed by atoms with van der Waals surface area (Å²) in [5.74, 6) is 0. The molecule has 1 aromatic rings. The lowest BCUT2D eigenvalue weighted by Crippen LogP contribution is -2.51. The molecule has 0 radical (unpaired) electrons. The molecular weight excluding hydrogens is 315 g/mol. The third kappa shape index (κ3) is 3.79. The average molecular weight is 341 g/mol. The van der Waals surface area contributed by atoms with E-state index in [-0.39, 0.29) is 0 Å². The van der Waals surface area contributed by atoms with Gasteiger partial charge in [0.15, 0.2) is 0 Å². The van der Waals surface area contributed by atoms with Crippen LogP contribution in [-0.2, 0) is 6.54 Å². The van der Waals surface area contributed by atoms with Gasteiger partial charge in [0.2, 0.25) is 0 Å². The Morgan fingerprint density at radius 1 is 1.05 bits per heavy atom. The normalized spacial score (nSPS) is 26.7. The van der Waals surface area contributed by atoms with Crippen LogP contribution in [0.5, 0.6) is 0 Å². The highest BCUT2D eigenvalue weighted by molar-refractivity contribution is 6.42. The fourth-order valence-electron chi connectivity index (χ4n) is 4.15. The lowest BCUT2D eigenvalue weighted by atomic mass is 9.88. The molecule has 1 aliphatic heterocycles. The number of rotatable bonds is 4. The molecule has 1 heterocycles. The van der Waals surface area contributed by atoms with Crippen LogP contribution in [0.4, 0.5) is 0 Å². The number of benzene rings is 1. The van der Waals surface area contributed by atoms with Gasteiger partial charge in [0.1, 0.15) is 0 Å². The summed E-state index contributed by atoms with van der Waals surface area (Å²) in [4.78, 5) is 5.26. The Labute approximate surface area is 144 Å². The Kier molecular flexibility index (Phi) is 5.67. The van der Waals surface area contributed by atoms with Crippen LogP contribution in [0.1, 0.15) is 44.1 Å². The van der Waals surface area contributed by atoms with Crippen molar-refractivity contribution in [2.24, 2.45) is 0 Å².